The van der Waals surface area contributed by atoms with E-state index in [0.717, 1.165) is 24.7 Å². The number of alkyl carbamates (subject to hydrolysis) is 1. The van der Waals surface area contributed by atoms with E-state index in [1.54, 1.807) is 0 Å². The van der Waals surface area contributed by atoms with Crippen molar-refractivity contribution in [2.45, 2.75) is 103 Å². The Morgan fingerprint density at radius 3 is 2.39 bits per heavy atom. The molecule has 0 aromatic heterocycles. The Balaban J connectivity index is 1.63. The standard InChI is InChI=1S/C19H36N2O2/c1-13(2)9-14-7-6-8-15(10-14)20-16-11-17(12-16)21-18(22)23-19(3,4)5/h13-17,20H,6-12H2,1-5H3,(H,21,22). The number of carbonyl (C=O) groups is 1. The van der Waals surface area contributed by atoms with Crippen LogP contribution in [0.25, 0.3) is 0 Å². The molecule has 2 fully saturated rings. The fourth-order valence-corrected chi connectivity index (χ4v) is 4.00. The molecule has 0 heterocycles. The zero-order valence-corrected chi connectivity index (χ0v) is 15.7. The van der Waals surface area contributed by atoms with Crippen LogP contribution < -0.4 is 10.6 Å². The minimum absolute atomic E-state index is 0.275. The predicted octanol–water partition coefficient (Wildman–Crippen LogP) is 4.24. The second kappa shape index (κ2) is 7.87. The summed E-state index contributed by atoms with van der Waals surface area (Å²) in [6.45, 7) is 10.4. The minimum Gasteiger partial charge on any atom is -0.444 e. The Labute approximate surface area is 142 Å². The van der Waals surface area contributed by atoms with Gasteiger partial charge in [-0.3, -0.25) is 0 Å². The van der Waals surface area contributed by atoms with E-state index in [1.807, 2.05) is 20.8 Å². The summed E-state index contributed by atoms with van der Waals surface area (Å²) in [5.74, 6) is 1.71. The molecule has 23 heavy (non-hydrogen) atoms. The minimum atomic E-state index is -0.418. The van der Waals surface area contributed by atoms with Crippen molar-refractivity contribution < 1.29 is 9.53 Å². The average Bonchev–Trinajstić information content (AvgIpc) is 2.33. The third kappa shape index (κ3) is 6.70. The van der Waals surface area contributed by atoms with Crippen LogP contribution in [-0.4, -0.2) is 29.8 Å². The van der Waals surface area contributed by atoms with Gasteiger partial charge in [0.1, 0.15) is 5.60 Å². The van der Waals surface area contributed by atoms with Crippen molar-refractivity contribution in [2.24, 2.45) is 11.8 Å². The van der Waals surface area contributed by atoms with Crippen molar-refractivity contribution in [3.05, 3.63) is 0 Å². The number of rotatable bonds is 5. The van der Waals surface area contributed by atoms with Gasteiger partial charge in [-0.25, -0.2) is 4.79 Å². The van der Waals surface area contributed by atoms with Gasteiger partial charge >= 0.3 is 6.09 Å². The topological polar surface area (TPSA) is 50.4 Å². The highest BCUT2D eigenvalue weighted by Crippen LogP contribution is 2.31. The van der Waals surface area contributed by atoms with Gasteiger partial charge in [0.05, 0.1) is 0 Å². The molecule has 2 N–H and O–H groups in total. The van der Waals surface area contributed by atoms with Gasteiger partial charge < -0.3 is 15.4 Å². The van der Waals surface area contributed by atoms with E-state index in [9.17, 15) is 4.79 Å². The highest BCUT2D eigenvalue weighted by molar-refractivity contribution is 5.68. The van der Waals surface area contributed by atoms with E-state index in [-0.39, 0.29) is 12.1 Å². The van der Waals surface area contributed by atoms with Crippen molar-refractivity contribution in [1.82, 2.24) is 10.6 Å². The van der Waals surface area contributed by atoms with Crippen molar-refractivity contribution in [1.29, 1.82) is 0 Å². The maximum absolute atomic E-state index is 11.8. The van der Waals surface area contributed by atoms with Crippen molar-refractivity contribution in [3.63, 3.8) is 0 Å². The molecule has 0 aliphatic heterocycles. The van der Waals surface area contributed by atoms with Gasteiger partial charge in [-0.1, -0.05) is 26.7 Å². The molecule has 4 heteroatoms. The molecular weight excluding hydrogens is 288 g/mol. The van der Waals surface area contributed by atoms with Crippen molar-refractivity contribution in [3.8, 4) is 0 Å². The van der Waals surface area contributed by atoms with Crippen molar-refractivity contribution >= 4 is 6.09 Å². The Hall–Kier alpha value is -0.770. The summed E-state index contributed by atoms with van der Waals surface area (Å²) in [4.78, 5) is 11.8. The van der Waals surface area contributed by atoms with Gasteiger partial charge in [0.25, 0.3) is 0 Å². The molecule has 4 nitrogen and oxygen atoms in total. The average molecular weight is 325 g/mol. The van der Waals surface area contributed by atoms with Crippen LogP contribution >= 0.6 is 0 Å². The molecule has 2 aliphatic rings. The molecule has 0 spiro atoms. The molecule has 2 rings (SSSR count). The first-order chi connectivity index (χ1) is 10.7. The van der Waals surface area contributed by atoms with Crippen LogP contribution in [0.15, 0.2) is 0 Å². The second-order valence-electron chi connectivity index (χ2n) is 9.04. The molecule has 0 aromatic carbocycles. The summed E-state index contributed by atoms with van der Waals surface area (Å²) in [5, 5.41) is 6.79. The highest BCUT2D eigenvalue weighted by atomic mass is 16.6. The van der Waals surface area contributed by atoms with E-state index < -0.39 is 5.60 Å². The lowest BCUT2D eigenvalue weighted by molar-refractivity contribution is 0.0460. The highest BCUT2D eigenvalue weighted by Gasteiger charge is 2.34. The van der Waals surface area contributed by atoms with E-state index in [0.29, 0.717) is 12.1 Å². The van der Waals surface area contributed by atoms with E-state index in [2.05, 4.69) is 24.5 Å². The zero-order chi connectivity index (χ0) is 17.0. The summed E-state index contributed by atoms with van der Waals surface area (Å²) >= 11 is 0. The molecule has 134 valence electrons. The number of amides is 1. The van der Waals surface area contributed by atoms with Crippen LogP contribution in [0.1, 0.15) is 79.6 Å². The molecule has 2 saturated carbocycles. The van der Waals surface area contributed by atoms with Crippen LogP contribution in [0.4, 0.5) is 4.79 Å². The SMILES string of the molecule is CC(C)CC1CCCC(NC2CC(NC(=O)OC(C)(C)C)C2)C1. The first-order valence-electron chi connectivity index (χ1n) is 9.47. The number of hydrogen-bond donors (Lipinski definition) is 2. The lowest BCUT2D eigenvalue weighted by Crippen LogP contribution is -2.55. The first kappa shape index (κ1) is 18.6. The molecule has 0 radical (unpaired) electrons. The Morgan fingerprint density at radius 1 is 1.09 bits per heavy atom. The van der Waals surface area contributed by atoms with Gasteiger partial charge in [0, 0.05) is 18.1 Å². The summed E-state index contributed by atoms with van der Waals surface area (Å²) in [7, 11) is 0. The fourth-order valence-electron chi connectivity index (χ4n) is 4.00. The van der Waals surface area contributed by atoms with Gasteiger partial charge in [0.15, 0.2) is 0 Å². The molecule has 2 atom stereocenters. The fraction of sp³-hybridized carbons (Fsp3) is 0.947. The Kier molecular flexibility index (Phi) is 6.35. The monoisotopic (exact) mass is 324 g/mol. The quantitative estimate of drug-likeness (QED) is 0.795. The van der Waals surface area contributed by atoms with Crippen LogP contribution in [0.5, 0.6) is 0 Å². The third-order valence-corrected chi connectivity index (χ3v) is 4.92. The third-order valence-electron chi connectivity index (χ3n) is 4.92. The Bertz CT molecular complexity index is 383. The van der Waals surface area contributed by atoms with Gasteiger partial charge in [0.2, 0.25) is 0 Å². The van der Waals surface area contributed by atoms with Crippen molar-refractivity contribution in [2.75, 3.05) is 0 Å². The summed E-state index contributed by atoms with van der Waals surface area (Å²) < 4.78 is 5.31. The summed E-state index contributed by atoms with van der Waals surface area (Å²) in [6, 6.07) is 1.52. The molecule has 2 unspecified atom stereocenters. The number of nitrogens with one attached hydrogen (secondary N) is 2. The molecule has 1 amide bonds. The van der Waals surface area contributed by atoms with Crippen LogP contribution in [0, 0.1) is 11.8 Å². The maximum atomic E-state index is 11.8. The van der Waals surface area contributed by atoms with Gasteiger partial charge in [-0.05, 0) is 64.7 Å². The zero-order valence-electron chi connectivity index (χ0n) is 15.7. The second-order valence-corrected chi connectivity index (χ2v) is 9.04. The summed E-state index contributed by atoms with van der Waals surface area (Å²) in [5.41, 5.74) is -0.418. The van der Waals surface area contributed by atoms with Crippen LogP contribution in [0.3, 0.4) is 0 Å². The number of carbonyl (C=O) groups excluding carboxylic acids is 1. The number of ether oxygens (including phenoxy) is 1. The van der Waals surface area contributed by atoms with E-state index >= 15 is 0 Å². The normalized spacial score (nSPS) is 31.6. The molecule has 2 aliphatic carbocycles. The lowest BCUT2D eigenvalue weighted by atomic mass is 9.79. The maximum Gasteiger partial charge on any atom is 0.407 e. The molecule has 0 saturated heterocycles. The molecule has 0 aromatic rings. The van der Waals surface area contributed by atoms with Crippen LogP contribution in [-0.2, 0) is 4.74 Å². The Morgan fingerprint density at radius 2 is 1.78 bits per heavy atom. The van der Waals surface area contributed by atoms with Gasteiger partial charge in [-0.2, -0.15) is 0 Å². The van der Waals surface area contributed by atoms with E-state index in [4.69, 9.17) is 4.74 Å². The lowest BCUT2D eigenvalue weighted by Gasteiger charge is -2.41. The van der Waals surface area contributed by atoms with Gasteiger partial charge in [-0.15, -0.1) is 0 Å². The number of hydrogen-bond acceptors (Lipinski definition) is 3. The van der Waals surface area contributed by atoms with E-state index in [1.165, 1.54) is 32.1 Å². The van der Waals surface area contributed by atoms with Crippen LogP contribution in [0.2, 0.25) is 0 Å². The first-order valence-corrected chi connectivity index (χ1v) is 9.47. The predicted molar refractivity (Wildman–Crippen MR) is 94.5 cm³/mol. The molecule has 0 bridgehead atoms. The summed E-state index contributed by atoms with van der Waals surface area (Å²) in [6.07, 6.45) is 8.57. The smallest absolute Gasteiger partial charge is 0.407 e. The molecular formula is C19H36N2O2. The largest absolute Gasteiger partial charge is 0.444 e.